The van der Waals surface area contributed by atoms with Crippen molar-refractivity contribution < 1.29 is 0 Å². The first-order valence-corrected chi connectivity index (χ1v) is 7.27. The van der Waals surface area contributed by atoms with Gasteiger partial charge in [0, 0.05) is 18.8 Å². The molecule has 0 saturated heterocycles. The molecule has 0 unspecified atom stereocenters. The normalized spacial score (nSPS) is 18.6. The molecule has 3 rings (SSSR count). The van der Waals surface area contributed by atoms with Gasteiger partial charge in [0.1, 0.15) is 11.7 Å². The van der Waals surface area contributed by atoms with Crippen LogP contribution in [0.4, 0.5) is 5.82 Å². The molecule has 2 aliphatic carbocycles. The molecule has 0 bridgehead atoms. The third kappa shape index (κ3) is 2.20. The van der Waals surface area contributed by atoms with Crippen LogP contribution in [0.15, 0.2) is 6.07 Å². The molecule has 2 aliphatic rings. The average Bonchev–Trinajstić information content (AvgIpc) is 3.06. The standard InChI is InChI=1S/C15H22N4/c1-19(11-6-2-3-7-11)15-12(14(16)17)9-10-5-4-8-13(10)18-15/h9,11H,2-8H2,1H3,(H3,16,17). The largest absolute Gasteiger partial charge is 0.384 e. The summed E-state index contributed by atoms with van der Waals surface area (Å²) >= 11 is 0. The SMILES string of the molecule is CN(c1nc2c(cc1C(=N)N)CCC2)C1CCCC1. The van der Waals surface area contributed by atoms with E-state index in [4.69, 9.17) is 16.1 Å². The molecule has 0 aromatic carbocycles. The van der Waals surface area contributed by atoms with Crippen molar-refractivity contribution in [3.63, 3.8) is 0 Å². The van der Waals surface area contributed by atoms with Crippen LogP contribution in [0.2, 0.25) is 0 Å². The van der Waals surface area contributed by atoms with Crippen LogP contribution >= 0.6 is 0 Å². The van der Waals surface area contributed by atoms with Gasteiger partial charge in [-0.25, -0.2) is 4.98 Å². The number of nitrogens with two attached hydrogens (primary N) is 1. The number of rotatable bonds is 3. The fourth-order valence-electron chi connectivity index (χ4n) is 3.39. The van der Waals surface area contributed by atoms with Gasteiger partial charge in [-0.15, -0.1) is 0 Å². The Bertz CT molecular complexity index is 503. The first-order valence-electron chi connectivity index (χ1n) is 7.27. The van der Waals surface area contributed by atoms with Crippen LogP contribution in [-0.4, -0.2) is 23.9 Å². The Morgan fingerprint density at radius 2 is 2.05 bits per heavy atom. The number of aromatic nitrogens is 1. The van der Waals surface area contributed by atoms with E-state index >= 15 is 0 Å². The monoisotopic (exact) mass is 258 g/mol. The molecule has 0 aliphatic heterocycles. The molecule has 1 heterocycles. The Balaban J connectivity index is 2.00. The van der Waals surface area contributed by atoms with Crippen molar-refractivity contribution in [3.05, 3.63) is 22.9 Å². The molecule has 102 valence electrons. The maximum atomic E-state index is 7.81. The summed E-state index contributed by atoms with van der Waals surface area (Å²) in [4.78, 5) is 7.08. The van der Waals surface area contributed by atoms with E-state index in [1.54, 1.807) is 0 Å². The Morgan fingerprint density at radius 3 is 2.74 bits per heavy atom. The number of fused-ring (bicyclic) bond motifs is 1. The number of amidine groups is 1. The summed E-state index contributed by atoms with van der Waals surface area (Å²) in [6, 6.07) is 2.66. The quantitative estimate of drug-likeness (QED) is 0.645. The van der Waals surface area contributed by atoms with Crippen molar-refractivity contribution in [2.75, 3.05) is 11.9 Å². The zero-order chi connectivity index (χ0) is 13.4. The first-order chi connectivity index (χ1) is 9.16. The molecule has 0 radical (unpaired) electrons. The van der Waals surface area contributed by atoms with Crippen LogP contribution in [0.25, 0.3) is 0 Å². The van der Waals surface area contributed by atoms with E-state index in [1.807, 2.05) is 0 Å². The Morgan fingerprint density at radius 1 is 1.32 bits per heavy atom. The number of nitrogen functional groups attached to an aromatic ring is 1. The molecular weight excluding hydrogens is 236 g/mol. The van der Waals surface area contributed by atoms with Gasteiger partial charge in [-0.05, 0) is 43.7 Å². The maximum Gasteiger partial charge on any atom is 0.139 e. The van der Waals surface area contributed by atoms with Crippen molar-refractivity contribution >= 4 is 11.7 Å². The van der Waals surface area contributed by atoms with Crippen molar-refractivity contribution in [3.8, 4) is 0 Å². The number of nitrogens with zero attached hydrogens (tertiary/aromatic N) is 2. The van der Waals surface area contributed by atoms with E-state index in [-0.39, 0.29) is 5.84 Å². The van der Waals surface area contributed by atoms with Gasteiger partial charge in [0.2, 0.25) is 0 Å². The van der Waals surface area contributed by atoms with E-state index in [9.17, 15) is 0 Å². The molecule has 1 aromatic rings. The van der Waals surface area contributed by atoms with Gasteiger partial charge < -0.3 is 10.6 Å². The highest BCUT2D eigenvalue weighted by Crippen LogP contribution is 2.31. The Labute approximate surface area is 114 Å². The van der Waals surface area contributed by atoms with Crippen LogP contribution in [-0.2, 0) is 12.8 Å². The molecule has 19 heavy (non-hydrogen) atoms. The zero-order valence-corrected chi connectivity index (χ0v) is 11.6. The lowest BCUT2D eigenvalue weighted by Crippen LogP contribution is -2.32. The second-order valence-corrected chi connectivity index (χ2v) is 5.78. The summed E-state index contributed by atoms with van der Waals surface area (Å²) in [5, 5.41) is 7.81. The number of hydrogen-bond acceptors (Lipinski definition) is 3. The summed E-state index contributed by atoms with van der Waals surface area (Å²) in [6.07, 6.45) is 8.38. The first kappa shape index (κ1) is 12.5. The number of nitrogens with one attached hydrogen (secondary N) is 1. The summed E-state index contributed by atoms with van der Waals surface area (Å²) < 4.78 is 0. The van der Waals surface area contributed by atoms with Crippen molar-refractivity contribution in [2.45, 2.75) is 51.0 Å². The lowest BCUT2D eigenvalue weighted by atomic mass is 10.1. The van der Waals surface area contributed by atoms with E-state index in [0.29, 0.717) is 6.04 Å². The molecular formula is C15H22N4. The highest BCUT2D eigenvalue weighted by Gasteiger charge is 2.25. The minimum absolute atomic E-state index is 0.141. The third-order valence-electron chi connectivity index (χ3n) is 4.53. The van der Waals surface area contributed by atoms with Crippen LogP contribution in [0.3, 0.4) is 0 Å². The van der Waals surface area contributed by atoms with E-state index in [2.05, 4.69) is 18.0 Å². The summed E-state index contributed by atoms with van der Waals surface area (Å²) in [5.74, 6) is 1.06. The van der Waals surface area contributed by atoms with Gasteiger partial charge in [0.05, 0.1) is 5.56 Å². The molecule has 1 aromatic heterocycles. The van der Waals surface area contributed by atoms with Crippen molar-refractivity contribution in [1.29, 1.82) is 5.41 Å². The minimum Gasteiger partial charge on any atom is -0.384 e. The van der Waals surface area contributed by atoms with Gasteiger partial charge in [-0.3, -0.25) is 5.41 Å². The molecule has 1 fully saturated rings. The van der Waals surface area contributed by atoms with Gasteiger partial charge in [0.15, 0.2) is 0 Å². The summed E-state index contributed by atoms with van der Waals surface area (Å²) in [6.45, 7) is 0. The summed E-state index contributed by atoms with van der Waals surface area (Å²) in [5.41, 5.74) is 9.08. The molecule has 0 spiro atoms. The second kappa shape index (κ2) is 4.83. The van der Waals surface area contributed by atoms with Crippen LogP contribution in [0.1, 0.15) is 48.9 Å². The molecule has 4 heteroatoms. The fraction of sp³-hybridized carbons (Fsp3) is 0.600. The lowest BCUT2D eigenvalue weighted by molar-refractivity contribution is 0.645. The highest BCUT2D eigenvalue weighted by molar-refractivity contribution is 6.00. The van der Waals surface area contributed by atoms with Crippen LogP contribution in [0.5, 0.6) is 0 Å². The van der Waals surface area contributed by atoms with Crippen molar-refractivity contribution in [2.24, 2.45) is 5.73 Å². The van der Waals surface area contributed by atoms with Crippen molar-refractivity contribution in [1.82, 2.24) is 4.98 Å². The predicted octanol–water partition coefficient (Wildman–Crippen LogP) is 2.23. The third-order valence-corrected chi connectivity index (χ3v) is 4.53. The van der Waals surface area contributed by atoms with Gasteiger partial charge >= 0.3 is 0 Å². The van der Waals surface area contributed by atoms with Gasteiger partial charge in [-0.1, -0.05) is 12.8 Å². The maximum absolute atomic E-state index is 7.81. The number of hydrogen-bond donors (Lipinski definition) is 2. The molecule has 4 nitrogen and oxygen atoms in total. The summed E-state index contributed by atoms with van der Waals surface area (Å²) in [7, 11) is 2.10. The fourth-order valence-corrected chi connectivity index (χ4v) is 3.39. The topological polar surface area (TPSA) is 66.0 Å². The van der Waals surface area contributed by atoms with E-state index < -0.39 is 0 Å². The number of aryl methyl sites for hydroxylation is 2. The predicted molar refractivity (Wildman–Crippen MR) is 77.9 cm³/mol. The Hall–Kier alpha value is -1.58. The number of pyridine rings is 1. The average molecular weight is 258 g/mol. The van der Waals surface area contributed by atoms with Gasteiger partial charge in [0.25, 0.3) is 0 Å². The van der Waals surface area contributed by atoms with Crippen LogP contribution in [0, 0.1) is 5.41 Å². The Kier molecular flexibility index (Phi) is 3.17. The van der Waals surface area contributed by atoms with E-state index in [1.165, 1.54) is 43.4 Å². The van der Waals surface area contributed by atoms with Crippen LogP contribution < -0.4 is 10.6 Å². The molecule has 3 N–H and O–H groups in total. The smallest absolute Gasteiger partial charge is 0.139 e. The van der Waals surface area contributed by atoms with E-state index in [0.717, 1.165) is 24.2 Å². The van der Waals surface area contributed by atoms with Gasteiger partial charge in [-0.2, -0.15) is 0 Å². The minimum atomic E-state index is 0.141. The molecule has 0 atom stereocenters. The highest BCUT2D eigenvalue weighted by atomic mass is 15.2. The molecule has 1 saturated carbocycles. The lowest BCUT2D eigenvalue weighted by Gasteiger charge is -2.28. The number of anilines is 1. The second-order valence-electron chi connectivity index (χ2n) is 5.78. The zero-order valence-electron chi connectivity index (χ0n) is 11.6. The molecule has 0 amide bonds.